The average Bonchev–Trinajstić information content (AvgIpc) is 3.21. The summed E-state index contributed by atoms with van der Waals surface area (Å²) in [5, 5.41) is 0.738. The van der Waals surface area contributed by atoms with Crippen molar-refractivity contribution in [2.24, 2.45) is 39.9 Å². The van der Waals surface area contributed by atoms with Crippen LogP contribution in [0.2, 0.25) is 11.1 Å². The van der Waals surface area contributed by atoms with Crippen molar-refractivity contribution >= 4 is 20.0 Å². The molecule has 0 aromatic carbocycles. The zero-order valence-electron chi connectivity index (χ0n) is 13.2. The topological polar surface area (TPSA) is 40.9 Å². The number of carbonyl (C=O) groups is 1. The van der Waals surface area contributed by atoms with Crippen LogP contribution in [-0.2, 0) is 26.5 Å². The molecule has 8 unspecified atom stereocenters. The van der Waals surface area contributed by atoms with Gasteiger partial charge < -0.3 is 35.3 Å². The molecule has 4 bridgehead atoms. The summed E-state index contributed by atoms with van der Waals surface area (Å²) < 4.78 is 0. The molecule has 0 aromatic rings. The minimum Gasteiger partial charge on any atom is -1.00 e. The Morgan fingerprint density at radius 1 is 1.43 bits per heavy atom. The normalized spacial score (nSPS) is 61.4. The molecular formula is C17H18Cl2NOSiTi. The zero-order chi connectivity index (χ0) is 13.4. The first kappa shape index (κ1) is 17.0. The van der Waals surface area contributed by atoms with Crippen molar-refractivity contribution in [3.05, 3.63) is 16.9 Å². The Morgan fingerprint density at radius 2 is 2.13 bits per heavy atom. The molecule has 8 fully saturated rings. The third-order valence-corrected chi connectivity index (χ3v) is 13.1. The van der Waals surface area contributed by atoms with Crippen molar-refractivity contribution in [1.82, 2.24) is 0 Å². The third-order valence-electron chi connectivity index (χ3n) is 9.36. The molecule has 1 N–H and O–H groups in total. The molecular weight excluding hydrogens is 381 g/mol. The van der Waals surface area contributed by atoms with Crippen molar-refractivity contribution in [2.45, 2.75) is 37.8 Å². The standard InChI is InChI=1S/C17H19NOSi.2ClH.Ti/c1-3-8-6-20(5-7(8)2)17-10-9-4-14(17)12-15(9,13(18)19)16(12,14)11(10)17;;;/h6,9-12H,3-5H2,1-2H3,(H2,18,19);2*1H;/q;;;+3/p-3. The largest absolute Gasteiger partial charge is 3.00 e. The van der Waals surface area contributed by atoms with Crippen LogP contribution < -0.4 is 24.8 Å². The predicted octanol–water partition coefficient (Wildman–Crippen LogP) is -3.17. The van der Waals surface area contributed by atoms with E-state index in [1.54, 1.807) is 11.1 Å². The van der Waals surface area contributed by atoms with Gasteiger partial charge in [-0.3, -0.25) is 0 Å². The maximum absolute atomic E-state index is 11.9. The number of hydrogen-bond acceptors (Lipinski definition) is 1. The number of halogens is 2. The first-order valence-corrected chi connectivity index (χ1v) is 10.0. The fraction of sp³-hybridized carbons (Fsp3) is 0.765. The molecule has 0 aromatic heterocycles. The fourth-order valence-electron chi connectivity index (χ4n) is 9.69. The molecule has 1 heterocycles. The second kappa shape index (κ2) is 3.81. The minimum absolute atomic E-state index is 0. The van der Waals surface area contributed by atoms with E-state index in [2.05, 4.69) is 19.5 Å². The minimum atomic E-state index is -0.352. The summed E-state index contributed by atoms with van der Waals surface area (Å²) in [5.41, 5.74) is 14.8. The van der Waals surface area contributed by atoms with Crippen LogP contribution >= 0.6 is 0 Å². The summed E-state index contributed by atoms with van der Waals surface area (Å²) >= 11 is 0. The van der Waals surface area contributed by atoms with Crippen molar-refractivity contribution in [3.63, 3.8) is 0 Å². The fourth-order valence-corrected chi connectivity index (χ4v) is 14.5. The van der Waals surface area contributed by atoms with Gasteiger partial charge in [0, 0.05) is 13.8 Å². The average molecular weight is 399 g/mol. The zero-order valence-corrected chi connectivity index (χ0v) is 17.2. The smallest absolute Gasteiger partial charge is 1.00 e. The Bertz CT molecular complexity index is 777. The van der Waals surface area contributed by atoms with Gasteiger partial charge in [0.15, 0.2) is 0 Å². The number of rotatable bonds is 3. The molecule has 9 rings (SSSR count). The van der Waals surface area contributed by atoms with Crippen LogP contribution in [0.4, 0.5) is 0 Å². The van der Waals surface area contributed by atoms with Gasteiger partial charge >= 0.3 is 21.7 Å². The van der Waals surface area contributed by atoms with E-state index in [0.29, 0.717) is 22.7 Å². The van der Waals surface area contributed by atoms with E-state index in [1.807, 2.05) is 0 Å². The van der Waals surface area contributed by atoms with E-state index >= 15 is 0 Å². The Morgan fingerprint density at radius 3 is 2.52 bits per heavy atom. The van der Waals surface area contributed by atoms with E-state index in [1.165, 1.54) is 18.9 Å². The van der Waals surface area contributed by atoms with Crippen LogP contribution in [0.15, 0.2) is 11.1 Å². The summed E-state index contributed by atoms with van der Waals surface area (Å²) in [6, 6.07) is 1.40. The molecule has 23 heavy (non-hydrogen) atoms. The van der Waals surface area contributed by atoms with E-state index in [9.17, 15) is 4.79 Å². The Kier molecular flexibility index (Phi) is 2.82. The maximum Gasteiger partial charge on any atom is 3.00 e. The van der Waals surface area contributed by atoms with E-state index in [0.717, 1.165) is 16.9 Å². The van der Waals surface area contributed by atoms with Gasteiger partial charge in [0.1, 0.15) is 0 Å². The summed E-state index contributed by atoms with van der Waals surface area (Å²) in [6.45, 7) is 4.65. The first-order valence-electron chi connectivity index (χ1n) is 8.25. The molecule has 8 atom stereocenters. The SMILES string of the molecule is CCC1=C(C)C[Si](C23C4C5CC26C2C5(C([NH-])=O)C26C43)=C1.[Cl-].[Cl-].[Ti+3]. The van der Waals surface area contributed by atoms with Crippen molar-refractivity contribution in [1.29, 1.82) is 0 Å². The monoisotopic (exact) mass is 398 g/mol. The molecule has 8 aliphatic carbocycles. The summed E-state index contributed by atoms with van der Waals surface area (Å²) in [5.74, 6) is 3.03. The molecule has 6 heteroatoms. The second-order valence-corrected chi connectivity index (χ2v) is 11.2. The van der Waals surface area contributed by atoms with Gasteiger partial charge in [0.25, 0.3) is 0 Å². The van der Waals surface area contributed by atoms with Gasteiger partial charge in [-0.25, -0.2) is 0 Å². The van der Waals surface area contributed by atoms with Gasteiger partial charge in [0.2, 0.25) is 0 Å². The van der Waals surface area contributed by atoms with Gasteiger partial charge in [0.05, 0.1) is 5.91 Å². The molecule has 2 spiro atoms. The second-order valence-electron chi connectivity index (χ2n) is 8.66. The van der Waals surface area contributed by atoms with Crippen LogP contribution in [0.25, 0.3) is 5.73 Å². The Hall–Kier alpha value is 0.591. The van der Waals surface area contributed by atoms with E-state index in [4.69, 9.17) is 5.73 Å². The quantitative estimate of drug-likeness (QED) is 0.462. The molecule has 1 radical (unpaired) electrons. The van der Waals surface area contributed by atoms with Gasteiger partial charge in [-0.1, -0.05) is 23.7 Å². The van der Waals surface area contributed by atoms with Gasteiger partial charge in [-0.15, -0.1) is 0 Å². The summed E-state index contributed by atoms with van der Waals surface area (Å²) in [7, 11) is -0.352. The maximum atomic E-state index is 11.9. The van der Waals surface area contributed by atoms with Gasteiger partial charge in [-0.2, -0.15) is 0 Å². The predicted molar refractivity (Wildman–Crippen MR) is 77.5 cm³/mol. The number of nitrogens with one attached hydrogen (secondary N) is 1. The molecule has 1 amide bonds. The molecule has 8 saturated carbocycles. The number of carbonyl (C=O) groups excluding carboxylic acids is 1. The van der Waals surface area contributed by atoms with Crippen LogP contribution in [0.5, 0.6) is 0 Å². The van der Waals surface area contributed by atoms with Crippen molar-refractivity contribution < 1.29 is 51.3 Å². The number of amides is 1. The van der Waals surface area contributed by atoms with Crippen LogP contribution in [0, 0.1) is 39.9 Å². The third kappa shape index (κ3) is 0.910. The number of allylic oxidation sites excluding steroid dienone is 2. The molecule has 2 nitrogen and oxygen atoms in total. The van der Waals surface area contributed by atoms with E-state index < -0.39 is 0 Å². The van der Waals surface area contributed by atoms with E-state index in [-0.39, 0.29) is 66.3 Å². The van der Waals surface area contributed by atoms with Crippen LogP contribution in [0.3, 0.4) is 0 Å². The molecule has 9 aliphatic rings. The Balaban J connectivity index is 0.000000451. The Labute approximate surface area is 165 Å². The number of hydrogen-bond donors (Lipinski definition) is 0. The van der Waals surface area contributed by atoms with Crippen LogP contribution in [0.1, 0.15) is 26.7 Å². The van der Waals surface area contributed by atoms with Crippen LogP contribution in [-0.4, -0.2) is 20.0 Å². The first-order chi connectivity index (χ1) is 9.59. The summed E-state index contributed by atoms with van der Waals surface area (Å²) in [4.78, 5) is 11.9. The summed E-state index contributed by atoms with van der Waals surface area (Å²) in [6.07, 6.45) is 2.57. The molecule has 1 aliphatic heterocycles. The molecule has 119 valence electrons. The van der Waals surface area contributed by atoms with Crippen molar-refractivity contribution in [2.75, 3.05) is 0 Å². The van der Waals surface area contributed by atoms with Gasteiger partial charge in [-0.05, 0) is 65.3 Å². The van der Waals surface area contributed by atoms with Crippen molar-refractivity contribution in [3.8, 4) is 0 Å². The molecule has 0 saturated heterocycles.